The maximum atomic E-state index is 12.4. The molecule has 2 aromatic rings. The Balaban J connectivity index is 2.62. The van der Waals surface area contributed by atoms with Crippen molar-refractivity contribution in [1.82, 2.24) is 0 Å². The minimum atomic E-state index is -4.40. The first-order valence-corrected chi connectivity index (χ1v) is 5.09. The zero-order valence-corrected chi connectivity index (χ0v) is 8.52. The summed E-state index contributed by atoms with van der Waals surface area (Å²) in [4.78, 5) is 10.7. The molecule has 6 heteroatoms. The molecule has 0 radical (unpaired) electrons. The molecule has 1 heterocycles. The van der Waals surface area contributed by atoms with E-state index in [1.54, 1.807) is 0 Å². The largest absolute Gasteiger partial charge is 0.478 e. The van der Waals surface area contributed by atoms with E-state index in [0.717, 1.165) is 23.5 Å². The van der Waals surface area contributed by atoms with E-state index in [1.807, 2.05) is 0 Å². The van der Waals surface area contributed by atoms with Crippen molar-refractivity contribution in [3.8, 4) is 0 Å². The van der Waals surface area contributed by atoms with E-state index in [-0.39, 0.29) is 5.56 Å². The van der Waals surface area contributed by atoms with Gasteiger partial charge in [0.05, 0.1) is 11.1 Å². The number of hydrogen-bond donors (Lipinski definition) is 1. The smallest absolute Gasteiger partial charge is 0.416 e. The number of benzene rings is 1. The van der Waals surface area contributed by atoms with Crippen LogP contribution in [0.1, 0.15) is 15.9 Å². The molecule has 0 saturated carbocycles. The van der Waals surface area contributed by atoms with E-state index in [9.17, 15) is 18.0 Å². The van der Waals surface area contributed by atoms with E-state index < -0.39 is 17.7 Å². The predicted octanol–water partition coefficient (Wildman–Crippen LogP) is 3.62. The fraction of sp³-hybridized carbons (Fsp3) is 0.100. The SMILES string of the molecule is O=C(O)c1csc2cc(C(F)(F)F)ccc12. The normalized spacial score (nSPS) is 11.9. The number of thiophene rings is 1. The summed E-state index contributed by atoms with van der Waals surface area (Å²) in [5.41, 5.74) is -0.729. The van der Waals surface area contributed by atoms with Gasteiger partial charge in [-0.3, -0.25) is 0 Å². The molecule has 0 aliphatic heterocycles. The summed E-state index contributed by atoms with van der Waals surface area (Å²) in [5, 5.41) is 10.5. The molecule has 84 valence electrons. The molecule has 0 bridgehead atoms. The zero-order chi connectivity index (χ0) is 11.9. The third-order valence-electron chi connectivity index (χ3n) is 2.13. The minimum absolute atomic E-state index is 0.0359. The molecule has 1 aromatic carbocycles. The number of rotatable bonds is 1. The number of carbonyl (C=O) groups is 1. The van der Waals surface area contributed by atoms with Gasteiger partial charge in [0.15, 0.2) is 0 Å². The van der Waals surface area contributed by atoms with Crippen molar-refractivity contribution in [3.63, 3.8) is 0 Å². The van der Waals surface area contributed by atoms with E-state index in [0.29, 0.717) is 10.1 Å². The van der Waals surface area contributed by atoms with Gasteiger partial charge >= 0.3 is 12.1 Å². The van der Waals surface area contributed by atoms with Crippen molar-refractivity contribution >= 4 is 27.4 Å². The van der Waals surface area contributed by atoms with Crippen LogP contribution >= 0.6 is 11.3 Å². The van der Waals surface area contributed by atoms with Crippen LogP contribution in [-0.2, 0) is 6.18 Å². The number of hydrogen-bond acceptors (Lipinski definition) is 2. The van der Waals surface area contributed by atoms with Gasteiger partial charge in [0.2, 0.25) is 0 Å². The van der Waals surface area contributed by atoms with Crippen molar-refractivity contribution in [2.75, 3.05) is 0 Å². The van der Waals surface area contributed by atoms with E-state index in [1.165, 1.54) is 11.4 Å². The second kappa shape index (κ2) is 3.48. The average molecular weight is 246 g/mol. The number of alkyl halides is 3. The number of carboxylic acid groups (broad SMARTS) is 1. The highest BCUT2D eigenvalue weighted by Crippen LogP contribution is 2.34. The average Bonchev–Trinajstić information content (AvgIpc) is 2.58. The molecule has 2 rings (SSSR count). The maximum Gasteiger partial charge on any atom is 0.416 e. The van der Waals surface area contributed by atoms with Gasteiger partial charge in [-0.05, 0) is 12.1 Å². The van der Waals surface area contributed by atoms with E-state index in [4.69, 9.17) is 5.11 Å². The van der Waals surface area contributed by atoms with Crippen LogP contribution < -0.4 is 0 Å². The summed E-state index contributed by atoms with van der Waals surface area (Å²) >= 11 is 0.992. The van der Waals surface area contributed by atoms with Crippen LogP contribution in [0.3, 0.4) is 0 Å². The lowest BCUT2D eigenvalue weighted by Gasteiger charge is -2.05. The van der Waals surface area contributed by atoms with Crippen LogP contribution in [-0.4, -0.2) is 11.1 Å². The molecule has 16 heavy (non-hydrogen) atoms. The van der Waals surface area contributed by atoms with Crippen molar-refractivity contribution in [2.45, 2.75) is 6.18 Å². The Hall–Kier alpha value is -1.56. The highest BCUT2D eigenvalue weighted by molar-refractivity contribution is 7.17. The number of aromatic carboxylic acids is 1. The molecular weight excluding hydrogens is 241 g/mol. The monoisotopic (exact) mass is 246 g/mol. The predicted molar refractivity (Wildman–Crippen MR) is 53.8 cm³/mol. The van der Waals surface area contributed by atoms with E-state index in [2.05, 4.69) is 0 Å². The third-order valence-corrected chi connectivity index (χ3v) is 3.08. The molecule has 0 amide bonds. The fourth-order valence-electron chi connectivity index (χ4n) is 1.37. The van der Waals surface area contributed by atoms with Gasteiger partial charge in [0.25, 0.3) is 0 Å². The van der Waals surface area contributed by atoms with Gasteiger partial charge < -0.3 is 5.11 Å². The van der Waals surface area contributed by atoms with Crippen LogP contribution in [0, 0.1) is 0 Å². The Morgan fingerprint density at radius 2 is 2.00 bits per heavy atom. The Bertz CT molecular complexity index is 557. The second-order valence-electron chi connectivity index (χ2n) is 3.16. The first kappa shape index (κ1) is 10.9. The number of carboxylic acids is 1. The van der Waals surface area contributed by atoms with Gasteiger partial charge in [0, 0.05) is 15.5 Å². The summed E-state index contributed by atoms with van der Waals surface area (Å²) < 4.78 is 37.4. The summed E-state index contributed by atoms with van der Waals surface area (Å²) in [5.74, 6) is -1.13. The zero-order valence-electron chi connectivity index (χ0n) is 7.71. The van der Waals surface area contributed by atoms with Crippen molar-refractivity contribution < 1.29 is 23.1 Å². The molecule has 0 saturated heterocycles. The lowest BCUT2D eigenvalue weighted by molar-refractivity contribution is -0.137. The van der Waals surface area contributed by atoms with E-state index >= 15 is 0 Å². The Morgan fingerprint density at radius 1 is 1.31 bits per heavy atom. The first-order valence-electron chi connectivity index (χ1n) is 4.21. The first-order chi connectivity index (χ1) is 7.39. The lowest BCUT2D eigenvalue weighted by Crippen LogP contribution is -2.04. The second-order valence-corrected chi connectivity index (χ2v) is 4.07. The van der Waals surface area contributed by atoms with Crippen molar-refractivity contribution in [2.24, 2.45) is 0 Å². The molecule has 0 unspecified atom stereocenters. The molecule has 0 atom stereocenters. The van der Waals surface area contributed by atoms with Gasteiger partial charge in [-0.15, -0.1) is 11.3 Å². The van der Waals surface area contributed by atoms with Gasteiger partial charge in [-0.25, -0.2) is 4.79 Å². The standard InChI is InChI=1S/C10H5F3O2S/c11-10(12,13)5-1-2-6-7(9(14)15)4-16-8(6)3-5/h1-4H,(H,14,15). The van der Waals surface area contributed by atoms with Gasteiger partial charge in [-0.1, -0.05) is 6.07 Å². The van der Waals surface area contributed by atoms with Crippen LogP contribution in [0.4, 0.5) is 13.2 Å². The van der Waals surface area contributed by atoms with Crippen LogP contribution in [0.15, 0.2) is 23.6 Å². The molecule has 0 aliphatic rings. The topological polar surface area (TPSA) is 37.3 Å². The fourth-order valence-corrected chi connectivity index (χ4v) is 2.34. The van der Waals surface area contributed by atoms with Crippen LogP contribution in [0.2, 0.25) is 0 Å². The molecule has 2 nitrogen and oxygen atoms in total. The van der Waals surface area contributed by atoms with Crippen molar-refractivity contribution in [1.29, 1.82) is 0 Å². The van der Waals surface area contributed by atoms with Crippen molar-refractivity contribution in [3.05, 3.63) is 34.7 Å². The molecule has 1 aromatic heterocycles. The van der Waals surface area contributed by atoms with Gasteiger partial charge in [0.1, 0.15) is 0 Å². The summed E-state index contributed by atoms with van der Waals surface area (Å²) in [6.45, 7) is 0. The Labute approximate surface area is 91.9 Å². The summed E-state index contributed by atoms with van der Waals surface area (Å²) in [6, 6.07) is 3.05. The summed E-state index contributed by atoms with van der Waals surface area (Å²) in [7, 11) is 0. The van der Waals surface area contributed by atoms with Gasteiger partial charge in [-0.2, -0.15) is 13.2 Å². The molecule has 0 spiro atoms. The minimum Gasteiger partial charge on any atom is -0.478 e. The number of halogens is 3. The van der Waals surface area contributed by atoms with Crippen LogP contribution in [0.5, 0.6) is 0 Å². The molecule has 0 fully saturated rings. The third kappa shape index (κ3) is 1.76. The lowest BCUT2D eigenvalue weighted by atomic mass is 10.1. The molecule has 0 aliphatic carbocycles. The Morgan fingerprint density at radius 3 is 2.56 bits per heavy atom. The molecule has 1 N–H and O–H groups in total. The maximum absolute atomic E-state index is 12.4. The number of fused-ring (bicyclic) bond motifs is 1. The molecular formula is C10H5F3O2S. The quantitative estimate of drug-likeness (QED) is 0.834. The highest BCUT2D eigenvalue weighted by Gasteiger charge is 2.30. The van der Waals surface area contributed by atoms with Crippen LogP contribution in [0.25, 0.3) is 10.1 Å². The Kier molecular flexibility index (Phi) is 2.38. The summed E-state index contributed by atoms with van der Waals surface area (Å²) in [6.07, 6.45) is -4.40. The highest BCUT2D eigenvalue weighted by atomic mass is 32.1.